The van der Waals surface area contributed by atoms with Gasteiger partial charge in [0.1, 0.15) is 5.15 Å². The van der Waals surface area contributed by atoms with Gasteiger partial charge in [-0.15, -0.1) is 11.3 Å². The topological polar surface area (TPSA) is 62.3 Å². The van der Waals surface area contributed by atoms with E-state index in [1.807, 2.05) is 18.4 Å². The Morgan fingerprint density at radius 2 is 2.27 bits per heavy atom. The molecule has 1 N–H and O–H groups in total. The first kappa shape index (κ1) is 15.0. The normalized spacial score (nSPS) is 17.0. The number of amides is 3. The van der Waals surface area contributed by atoms with E-state index in [1.54, 1.807) is 22.3 Å². The van der Waals surface area contributed by atoms with E-state index in [4.69, 9.17) is 11.6 Å². The number of hydrogen-bond acceptors (Lipinski definition) is 4. The second kappa shape index (κ2) is 6.06. The van der Waals surface area contributed by atoms with Gasteiger partial charge in [-0.2, -0.15) is 0 Å². The Morgan fingerprint density at radius 3 is 3.05 bits per heavy atom. The van der Waals surface area contributed by atoms with Crippen molar-refractivity contribution in [3.63, 3.8) is 0 Å². The van der Waals surface area contributed by atoms with Crippen LogP contribution in [0, 0.1) is 0 Å². The SMILES string of the molecule is C[C@@H]1c2ccsc2CCN1C(=O)NC(=O)c1cccnc1Cl. The fourth-order valence-electron chi connectivity index (χ4n) is 2.58. The Labute approximate surface area is 136 Å². The molecule has 3 amide bonds. The molecule has 0 saturated carbocycles. The van der Waals surface area contributed by atoms with Crippen molar-refractivity contribution >= 4 is 34.9 Å². The molecule has 1 atom stereocenters. The number of imide groups is 1. The highest BCUT2D eigenvalue weighted by atomic mass is 35.5. The molecule has 2 aromatic heterocycles. The van der Waals surface area contributed by atoms with Crippen LogP contribution in [-0.4, -0.2) is 28.4 Å². The van der Waals surface area contributed by atoms with E-state index in [9.17, 15) is 9.59 Å². The summed E-state index contributed by atoms with van der Waals surface area (Å²) in [5.41, 5.74) is 1.34. The van der Waals surface area contributed by atoms with Gasteiger partial charge in [0.2, 0.25) is 0 Å². The van der Waals surface area contributed by atoms with E-state index in [0.29, 0.717) is 6.54 Å². The number of carbonyl (C=O) groups excluding carboxylic acids is 2. The average molecular weight is 336 g/mol. The Morgan fingerprint density at radius 1 is 1.45 bits per heavy atom. The Bertz CT molecular complexity index is 731. The van der Waals surface area contributed by atoms with Gasteiger partial charge < -0.3 is 4.90 Å². The van der Waals surface area contributed by atoms with Gasteiger partial charge in [0, 0.05) is 17.6 Å². The van der Waals surface area contributed by atoms with E-state index in [2.05, 4.69) is 10.3 Å². The lowest BCUT2D eigenvalue weighted by atomic mass is 10.0. The number of nitrogens with zero attached hydrogens (tertiary/aromatic N) is 2. The third kappa shape index (κ3) is 2.71. The molecule has 22 heavy (non-hydrogen) atoms. The van der Waals surface area contributed by atoms with Crippen LogP contribution < -0.4 is 5.32 Å². The minimum atomic E-state index is -0.536. The van der Waals surface area contributed by atoms with Crippen LogP contribution in [0.15, 0.2) is 29.8 Å². The first-order chi connectivity index (χ1) is 10.6. The predicted octanol–water partition coefficient (Wildman–Crippen LogP) is 3.27. The number of thiophene rings is 1. The fraction of sp³-hybridized carbons (Fsp3) is 0.267. The molecule has 0 aromatic carbocycles. The van der Waals surface area contributed by atoms with Crippen molar-refractivity contribution in [2.45, 2.75) is 19.4 Å². The van der Waals surface area contributed by atoms with Crippen molar-refractivity contribution in [1.29, 1.82) is 0 Å². The van der Waals surface area contributed by atoms with Crippen LogP contribution in [0.5, 0.6) is 0 Å². The summed E-state index contributed by atoms with van der Waals surface area (Å²) in [5.74, 6) is -0.536. The summed E-state index contributed by atoms with van der Waals surface area (Å²) in [6.45, 7) is 2.56. The predicted molar refractivity (Wildman–Crippen MR) is 85.3 cm³/mol. The van der Waals surface area contributed by atoms with Crippen LogP contribution in [0.3, 0.4) is 0 Å². The van der Waals surface area contributed by atoms with Gasteiger partial charge in [0.25, 0.3) is 5.91 Å². The van der Waals surface area contributed by atoms with Gasteiger partial charge in [-0.3, -0.25) is 10.1 Å². The molecule has 114 valence electrons. The van der Waals surface area contributed by atoms with E-state index < -0.39 is 11.9 Å². The Hall–Kier alpha value is -1.92. The van der Waals surface area contributed by atoms with Gasteiger partial charge in [-0.1, -0.05) is 11.6 Å². The zero-order valence-electron chi connectivity index (χ0n) is 11.9. The average Bonchev–Trinajstić information content (AvgIpc) is 2.97. The molecule has 5 nitrogen and oxygen atoms in total. The molecule has 7 heteroatoms. The molecule has 1 aliphatic rings. The minimum absolute atomic E-state index is 0.0489. The summed E-state index contributed by atoms with van der Waals surface area (Å²) < 4.78 is 0. The van der Waals surface area contributed by atoms with E-state index >= 15 is 0 Å². The molecular weight excluding hydrogens is 322 g/mol. The van der Waals surface area contributed by atoms with Crippen molar-refractivity contribution in [3.8, 4) is 0 Å². The van der Waals surface area contributed by atoms with Gasteiger partial charge in [0.05, 0.1) is 11.6 Å². The van der Waals surface area contributed by atoms with Gasteiger partial charge in [-0.05, 0) is 42.5 Å². The molecule has 0 saturated heterocycles. The largest absolute Gasteiger partial charge is 0.324 e. The third-order valence-electron chi connectivity index (χ3n) is 3.76. The summed E-state index contributed by atoms with van der Waals surface area (Å²) in [6, 6.07) is 4.71. The molecule has 3 rings (SSSR count). The maximum atomic E-state index is 12.4. The number of aromatic nitrogens is 1. The van der Waals surface area contributed by atoms with Gasteiger partial charge in [-0.25, -0.2) is 9.78 Å². The molecule has 3 heterocycles. The molecule has 0 radical (unpaired) electrons. The van der Waals surface area contributed by atoms with Crippen molar-refractivity contribution in [3.05, 3.63) is 50.9 Å². The molecule has 0 fully saturated rings. The Kier molecular flexibility index (Phi) is 4.13. The van der Waals surface area contributed by atoms with E-state index in [-0.39, 0.29) is 16.8 Å². The third-order valence-corrected chi connectivity index (χ3v) is 5.06. The van der Waals surface area contributed by atoms with Crippen molar-refractivity contribution in [2.24, 2.45) is 0 Å². The summed E-state index contributed by atoms with van der Waals surface area (Å²) in [5, 5.41) is 4.50. The number of fused-ring (bicyclic) bond motifs is 1. The number of halogens is 1. The van der Waals surface area contributed by atoms with E-state index in [0.717, 1.165) is 12.0 Å². The maximum absolute atomic E-state index is 12.4. The second-order valence-electron chi connectivity index (χ2n) is 5.02. The quantitative estimate of drug-likeness (QED) is 0.814. The molecule has 0 unspecified atom stereocenters. The number of hydrogen-bond donors (Lipinski definition) is 1. The number of carbonyl (C=O) groups is 2. The minimum Gasteiger partial charge on any atom is -0.317 e. The molecule has 1 aliphatic heterocycles. The lowest BCUT2D eigenvalue weighted by Gasteiger charge is -2.33. The van der Waals surface area contributed by atoms with Crippen molar-refractivity contribution in [1.82, 2.24) is 15.2 Å². The van der Waals surface area contributed by atoms with Crippen LogP contribution >= 0.6 is 22.9 Å². The smallest absolute Gasteiger partial charge is 0.317 e. The Balaban J connectivity index is 1.73. The van der Waals surface area contributed by atoms with E-state index in [1.165, 1.54) is 17.1 Å². The standard InChI is InChI=1S/C15H14ClN3O2S/c1-9-10-5-8-22-12(10)4-7-19(9)15(21)18-14(20)11-3-2-6-17-13(11)16/h2-3,5-6,8-9H,4,7H2,1H3,(H,18,20,21)/t9-/m1/s1. The number of nitrogens with one attached hydrogen (secondary N) is 1. The zero-order valence-corrected chi connectivity index (χ0v) is 13.4. The van der Waals surface area contributed by atoms with Crippen LogP contribution in [0.1, 0.15) is 33.8 Å². The van der Waals surface area contributed by atoms with Crippen LogP contribution in [0.2, 0.25) is 5.15 Å². The van der Waals surface area contributed by atoms with Crippen molar-refractivity contribution < 1.29 is 9.59 Å². The maximum Gasteiger partial charge on any atom is 0.324 e. The summed E-state index contributed by atoms with van der Waals surface area (Å²) in [6.07, 6.45) is 2.30. The lowest BCUT2D eigenvalue weighted by molar-refractivity contribution is 0.0944. The highest BCUT2D eigenvalue weighted by molar-refractivity contribution is 7.10. The van der Waals surface area contributed by atoms with Crippen LogP contribution in [-0.2, 0) is 6.42 Å². The molecule has 2 aromatic rings. The first-order valence-electron chi connectivity index (χ1n) is 6.86. The number of pyridine rings is 1. The molecule has 0 spiro atoms. The molecular formula is C15H14ClN3O2S. The zero-order chi connectivity index (χ0) is 15.7. The number of rotatable bonds is 1. The van der Waals surface area contributed by atoms with Crippen LogP contribution in [0.25, 0.3) is 0 Å². The fourth-order valence-corrected chi connectivity index (χ4v) is 3.75. The summed E-state index contributed by atoms with van der Waals surface area (Å²) in [4.78, 5) is 31.3. The molecule has 0 aliphatic carbocycles. The van der Waals surface area contributed by atoms with Crippen LogP contribution in [0.4, 0.5) is 4.79 Å². The summed E-state index contributed by atoms with van der Waals surface area (Å²) >= 11 is 7.58. The van der Waals surface area contributed by atoms with Gasteiger partial charge in [0.15, 0.2) is 0 Å². The second-order valence-corrected chi connectivity index (χ2v) is 6.38. The highest BCUT2D eigenvalue weighted by Gasteiger charge is 2.29. The summed E-state index contributed by atoms with van der Waals surface area (Å²) in [7, 11) is 0. The number of urea groups is 1. The van der Waals surface area contributed by atoms with Crippen molar-refractivity contribution in [2.75, 3.05) is 6.54 Å². The van der Waals surface area contributed by atoms with Gasteiger partial charge >= 0.3 is 6.03 Å². The monoisotopic (exact) mass is 335 g/mol. The highest BCUT2D eigenvalue weighted by Crippen LogP contribution is 2.32. The molecule has 0 bridgehead atoms. The lowest BCUT2D eigenvalue weighted by Crippen LogP contribution is -2.46. The first-order valence-corrected chi connectivity index (χ1v) is 8.12.